The summed E-state index contributed by atoms with van der Waals surface area (Å²) in [6.45, 7) is 12.6. The first-order valence-corrected chi connectivity index (χ1v) is 6.95. The van der Waals surface area contributed by atoms with Crippen LogP contribution < -0.4 is 0 Å². The quantitative estimate of drug-likeness (QED) is 0.621. The number of hydrogen-bond donors (Lipinski definition) is 1. The summed E-state index contributed by atoms with van der Waals surface area (Å²) in [6, 6.07) is 0. The normalized spacial score (nSPS) is 15.4. The first-order chi connectivity index (χ1) is 7.61. The minimum Gasteiger partial charge on any atom is -0.396 e. The van der Waals surface area contributed by atoms with Crippen molar-refractivity contribution < 1.29 is 5.11 Å². The van der Waals surface area contributed by atoms with Crippen LogP contribution in [0.1, 0.15) is 59.8 Å². The molecule has 0 aromatic carbocycles. The van der Waals surface area contributed by atoms with Gasteiger partial charge in [-0.3, -0.25) is 0 Å². The summed E-state index contributed by atoms with van der Waals surface area (Å²) in [4.78, 5) is 2.53. The van der Waals surface area contributed by atoms with E-state index in [2.05, 4.69) is 32.6 Å². The Balaban J connectivity index is 4.15. The molecule has 0 fully saturated rings. The fourth-order valence-corrected chi connectivity index (χ4v) is 1.85. The van der Waals surface area contributed by atoms with Crippen molar-refractivity contribution in [3.8, 4) is 0 Å². The first-order valence-electron chi connectivity index (χ1n) is 6.95. The van der Waals surface area contributed by atoms with Crippen molar-refractivity contribution in [1.29, 1.82) is 0 Å². The van der Waals surface area contributed by atoms with Crippen molar-refractivity contribution in [2.24, 2.45) is 5.41 Å². The van der Waals surface area contributed by atoms with E-state index in [1.165, 1.54) is 38.8 Å². The van der Waals surface area contributed by atoms with Crippen LogP contribution in [0.15, 0.2) is 0 Å². The molecule has 2 nitrogen and oxygen atoms in total. The fourth-order valence-electron chi connectivity index (χ4n) is 1.85. The molecular weight excluding hydrogens is 198 g/mol. The van der Waals surface area contributed by atoms with Crippen molar-refractivity contribution in [3.63, 3.8) is 0 Å². The molecule has 1 atom stereocenters. The second-order valence-electron chi connectivity index (χ2n) is 5.31. The Morgan fingerprint density at radius 1 is 1.00 bits per heavy atom. The average molecular weight is 229 g/mol. The van der Waals surface area contributed by atoms with Crippen molar-refractivity contribution in [3.05, 3.63) is 0 Å². The molecule has 0 bridgehead atoms. The van der Waals surface area contributed by atoms with Gasteiger partial charge in [-0.1, -0.05) is 40.5 Å². The molecule has 0 aliphatic carbocycles. The van der Waals surface area contributed by atoms with Crippen LogP contribution in [0.2, 0.25) is 0 Å². The van der Waals surface area contributed by atoms with Gasteiger partial charge in [-0.05, 0) is 32.4 Å². The van der Waals surface area contributed by atoms with Gasteiger partial charge in [-0.2, -0.15) is 0 Å². The van der Waals surface area contributed by atoms with E-state index in [0.29, 0.717) is 6.61 Å². The number of unbranched alkanes of at least 4 members (excludes halogenated alkanes) is 2. The Labute approximate surface area is 102 Å². The summed E-state index contributed by atoms with van der Waals surface area (Å²) in [6.07, 6.45) is 6.11. The van der Waals surface area contributed by atoms with Gasteiger partial charge in [-0.25, -0.2) is 0 Å². The Morgan fingerprint density at radius 3 is 1.81 bits per heavy atom. The van der Waals surface area contributed by atoms with Gasteiger partial charge in [0.15, 0.2) is 0 Å². The maximum Gasteiger partial charge on any atom is 0.0496 e. The standard InChI is InChI=1S/C14H31NO/c1-5-8-10-15(11-9-6-2)12-14(4,7-3)13-16/h16H,5-13H2,1-4H3. The molecule has 0 heterocycles. The molecule has 0 saturated heterocycles. The summed E-state index contributed by atoms with van der Waals surface area (Å²) < 4.78 is 0. The molecular formula is C14H31NO. The lowest BCUT2D eigenvalue weighted by Gasteiger charge is -2.33. The highest BCUT2D eigenvalue weighted by atomic mass is 16.3. The molecule has 0 aliphatic heterocycles. The van der Waals surface area contributed by atoms with E-state index < -0.39 is 0 Å². The summed E-state index contributed by atoms with van der Waals surface area (Å²) in [5.74, 6) is 0. The molecule has 0 aromatic rings. The summed E-state index contributed by atoms with van der Waals surface area (Å²) >= 11 is 0. The van der Waals surface area contributed by atoms with Crippen LogP contribution in [0.3, 0.4) is 0 Å². The molecule has 0 aliphatic rings. The maximum absolute atomic E-state index is 9.46. The maximum atomic E-state index is 9.46. The van der Waals surface area contributed by atoms with Gasteiger partial charge < -0.3 is 10.0 Å². The molecule has 0 spiro atoms. The molecule has 16 heavy (non-hydrogen) atoms. The largest absolute Gasteiger partial charge is 0.396 e. The lowest BCUT2D eigenvalue weighted by Crippen LogP contribution is -2.39. The number of aliphatic hydroxyl groups excluding tert-OH is 1. The average Bonchev–Trinajstić information content (AvgIpc) is 2.32. The van der Waals surface area contributed by atoms with Crippen molar-refractivity contribution in [1.82, 2.24) is 4.90 Å². The summed E-state index contributed by atoms with van der Waals surface area (Å²) in [5, 5.41) is 9.46. The van der Waals surface area contributed by atoms with E-state index >= 15 is 0 Å². The number of hydrogen-bond acceptors (Lipinski definition) is 2. The molecule has 0 aromatic heterocycles. The predicted molar refractivity (Wildman–Crippen MR) is 71.7 cm³/mol. The van der Waals surface area contributed by atoms with Crippen LogP contribution in [-0.2, 0) is 0 Å². The molecule has 1 unspecified atom stereocenters. The van der Waals surface area contributed by atoms with E-state index in [-0.39, 0.29) is 5.41 Å². The van der Waals surface area contributed by atoms with Gasteiger partial charge >= 0.3 is 0 Å². The van der Waals surface area contributed by atoms with Crippen LogP contribution in [0.5, 0.6) is 0 Å². The summed E-state index contributed by atoms with van der Waals surface area (Å²) in [7, 11) is 0. The third-order valence-electron chi connectivity index (χ3n) is 3.50. The lowest BCUT2D eigenvalue weighted by molar-refractivity contribution is 0.0830. The van der Waals surface area contributed by atoms with Crippen LogP contribution in [-0.4, -0.2) is 36.2 Å². The third-order valence-corrected chi connectivity index (χ3v) is 3.50. The minimum absolute atomic E-state index is 0.0848. The first kappa shape index (κ1) is 15.9. The van der Waals surface area contributed by atoms with Crippen LogP contribution in [0.25, 0.3) is 0 Å². The summed E-state index contributed by atoms with van der Waals surface area (Å²) in [5.41, 5.74) is 0.0848. The molecule has 2 heteroatoms. The monoisotopic (exact) mass is 229 g/mol. The molecule has 1 N–H and O–H groups in total. The number of aliphatic hydroxyl groups is 1. The van der Waals surface area contributed by atoms with Crippen molar-refractivity contribution in [2.45, 2.75) is 59.8 Å². The zero-order chi connectivity index (χ0) is 12.4. The van der Waals surface area contributed by atoms with Gasteiger partial charge in [-0.15, -0.1) is 0 Å². The van der Waals surface area contributed by atoms with Crippen molar-refractivity contribution >= 4 is 0 Å². The van der Waals surface area contributed by atoms with Gasteiger partial charge in [0.05, 0.1) is 0 Å². The Bertz CT molecular complexity index is 147. The van der Waals surface area contributed by atoms with E-state index in [1.807, 2.05) is 0 Å². The van der Waals surface area contributed by atoms with Gasteiger partial charge in [0.2, 0.25) is 0 Å². The zero-order valence-corrected chi connectivity index (χ0v) is 11.8. The van der Waals surface area contributed by atoms with Gasteiger partial charge in [0, 0.05) is 18.6 Å². The third kappa shape index (κ3) is 6.49. The Hall–Kier alpha value is -0.0800. The lowest BCUT2D eigenvalue weighted by atomic mass is 9.88. The molecule has 0 amide bonds. The smallest absolute Gasteiger partial charge is 0.0496 e. The predicted octanol–water partition coefficient (Wildman–Crippen LogP) is 3.30. The SMILES string of the molecule is CCCCN(CCCC)CC(C)(CC)CO. The highest BCUT2D eigenvalue weighted by molar-refractivity contribution is 4.76. The highest BCUT2D eigenvalue weighted by Gasteiger charge is 2.23. The molecule has 98 valence electrons. The van der Waals surface area contributed by atoms with Gasteiger partial charge in [0.25, 0.3) is 0 Å². The Kier molecular flexibility index (Phi) is 8.96. The molecule has 0 radical (unpaired) electrons. The van der Waals surface area contributed by atoms with E-state index in [4.69, 9.17) is 0 Å². The van der Waals surface area contributed by atoms with Gasteiger partial charge in [0.1, 0.15) is 0 Å². The van der Waals surface area contributed by atoms with E-state index in [0.717, 1.165) is 13.0 Å². The minimum atomic E-state index is 0.0848. The number of rotatable bonds is 10. The highest BCUT2D eigenvalue weighted by Crippen LogP contribution is 2.22. The molecule has 0 rings (SSSR count). The van der Waals surface area contributed by atoms with Crippen LogP contribution in [0.4, 0.5) is 0 Å². The van der Waals surface area contributed by atoms with E-state index in [1.54, 1.807) is 0 Å². The Morgan fingerprint density at radius 2 is 1.50 bits per heavy atom. The van der Waals surface area contributed by atoms with Crippen LogP contribution in [0, 0.1) is 5.41 Å². The zero-order valence-electron chi connectivity index (χ0n) is 11.8. The second-order valence-corrected chi connectivity index (χ2v) is 5.31. The second kappa shape index (κ2) is 9.00. The van der Waals surface area contributed by atoms with Crippen molar-refractivity contribution in [2.75, 3.05) is 26.2 Å². The topological polar surface area (TPSA) is 23.5 Å². The fraction of sp³-hybridized carbons (Fsp3) is 1.00. The number of nitrogens with zero attached hydrogens (tertiary/aromatic N) is 1. The van der Waals surface area contributed by atoms with Crippen LogP contribution >= 0.6 is 0 Å². The molecule has 0 saturated carbocycles. The van der Waals surface area contributed by atoms with E-state index in [9.17, 15) is 5.11 Å².